The van der Waals surface area contributed by atoms with E-state index in [2.05, 4.69) is 10.6 Å². The smallest absolute Gasteiger partial charge is 0.307 e. The van der Waals surface area contributed by atoms with Gasteiger partial charge in [-0.3, -0.25) is 14.4 Å². The van der Waals surface area contributed by atoms with Crippen molar-refractivity contribution in [2.45, 2.75) is 17.7 Å². The molecule has 0 radical (unpaired) electrons. The number of carboxylic acid groups (broad SMARTS) is 1. The summed E-state index contributed by atoms with van der Waals surface area (Å²) in [4.78, 5) is 36.8. The Hall–Kier alpha value is -2.84. The van der Waals surface area contributed by atoms with Crippen LogP contribution in [0.3, 0.4) is 0 Å². The quantitative estimate of drug-likeness (QED) is 0.405. The Morgan fingerprint density at radius 3 is 2.29 bits per heavy atom. The van der Waals surface area contributed by atoms with Crippen molar-refractivity contribution in [2.24, 2.45) is 11.8 Å². The normalized spacial score (nSPS) is 17.7. The van der Waals surface area contributed by atoms with Gasteiger partial charge in [0.25, 0.3) is 0 Å². The maximum atomic E-state index is 13.2. The lowest BCUT2D eigenvalue weighted by molar-refractivity contribution is -0.146. The number of hydrogen-bond acceptors (Lipinski definition) is 4. The van der Waals surface area contributed by atoms with Crippen molar-refractivity contribution in [1.29, 1.82) is 0 Å². The third-order valence-corrected chi connectivity index (χ3v) is 6.08. The number of rotatable bonds is 7. The van der Waals surface area contributed by atoms with Crippen LogP contribution in [0.4, 0.5) is 15.8 Å². The zero-order chi connectivity index (χ0) is 22.4. The summed E-state index contributed by atoms with van der Waals surface area (Å²) in [5, 5.41) is 14.7. The fraction of sp³-hybridized carbons (Fsp3) is 0.227. The minimum absolute atomic E-state index is 0.0676. The van der Waals surface area contributed by atoms with Gasteiger partial charge in [0.1, 0.15) is 5.82 Å². The van der Waals surface area contributed by atoms with E-state index in [0.29, 0.717) is 24.2 Å². The Labute approximate surface area is 187 Å². The molecule has 0 saturated carbocycles. The lowest BCUT2D eigenvalue weighted by Crippen LogP contribution is -2.34. The predicted molar refractivity (Wildman–Crippen MR) is 119 cm³/mol. The summed E-state index contributed by atoms with van der Waals surface area (Å²) < 4.78 is 13.2. The predicted octanol–water partition coefficient (Wildman–Crippen LogP) is 4.82. The van der Waals surface area contributed by atoms with Crippen LogP contribution in [0, 0.1) is 17.7 Å². The van der Waals surface area contributed by atoms with E-state index >= 15 is 0 Å². The van der Waals surface area contributed by atoms with Crippen LogP contribution in [0.2, 0.25) is 5.02 Å². The molecule has 6 nitrogen and oxygen atoms in total. The molecule has 0 aliphatic heterocycles. The number of carboxylic acids is 1. The average Bonchev–Trinajstić information content (AvgIpc) is 2.76. The summed E-state index contributed by atoms with van der Waals surface area (Å²) in [6.07, 6.45) is 4.35. The molecule has 2 aromatic rings. The van der Waals surface area contributed by atoms with Gasteiger partial charge in [0.2, 0.25) is 11.8 Å². The number of allylic oxidation sites excluding steroid dienone is 2. The Bertz CT molecular complexity index is 1010. The second-order valence-corrected chi connectivity index (χ2v) is 8.43. The van der Waals surface area contributed by atoms with Gasteiger partial charge in [-0.25, -0.2) is 4.39 Å². The van der Waals surface area contributed by atoms with Gasteiger partial charge >= 0.3 is 5.97 Å². The first-order valence-corrected chi connectivity index (χ1v) is 10.9. The molecular formula is C22H20ClFN2O4S. The second-order valence-electron chi connectivity index (χ2n) is 6.97. The largest absolute Gasteiger partial charge is 0.481 e. The number of benzene rings is 2. The van der Waals surface area contributed by atoms with Crippen molar-refractivity contribution < 1.29 is 23.9 Å². The maximum absolute atomic E-state index is 13.2. The third kappa shape index (κ3) is 6.32. The Kier molecular flexibility index (Phi) is 7.70. The molecule has 0 fully saturated rings. The number of halogens is 2. The number of anilines is 2. The summed E-state index contributed by atoms with van der Waals surface area (Å²) in [7, 11) is 0. The Balaban J connectivity index is 1.51. The van der Waals surface area contributed by atoms with Crippen LogP contribution in [-0.4, -0.2) is 28.6 Å². The van der Waals surface area contributed by atoms with E-state index in [1.807, 2.05) is 6.08 Å². The molecule has 2 aromatic carbocycles. The van der Waals surface area contributed by atoms with Crippen LogP contribution in [0.25, 0.3) is 0 Å². The molecule has 2 atom stereocenters. The molecule has 3 rings (SSSR count). The van der Waals surface area contributed by atoms with Crippen molar-refractivity contribution in [1.82, 2.24) is 0 Å². The molecule has 0 saturated heterocycles. The summed E-state index contributed by atoms with van der Waals surface area (Å²) in [5.74, 6) is -3.33. The molecule has 0 bridgehead atoms. The van der Waals surface area contributed by atoms with E-state index in [4.69, 9.17) is 11.6 Å². The van der Waals surface area contributed by atoms with Crippen LogP contribution in [0.15, 0.2) is 59.5 Å². The van der Waals surface area contributed by atoms with Crippen LogP contribution in [0.5, 0.6) is 0 Å². The highest BCUT2D eigenvalue weighted by molar-refractivity contribution is 8.00. The molecule has 3 N–H and O–H groups in total. The number of carbonyl (C=O) groups is 3. The van der Waals surface area contributed by atoms with E-state index in [1.165, 1.54) is 30.0 Å². The van der Waals surface area contributed by atoms with Crippen LogP contribution in [-0.2, 0) is 14.4 Å². The lowest BCUT2D eigenvalue weighted by atomic mass is 9.82. The van der Waals surface area contributed by atoms with E-state index in [1.54, 1.807) is 30.3 Å². The highest BCUT2D eigenvalue weighted by Gasteiger charge is 2.33. The summed E-state index contributed by atoms with van der Waals surface area (Å²) in [6.45, 7) is 0. The van der Waals surface area contributed by atoms with E-state index < -0.39 is 23.6 Å². The highest BCUT2D eigenvalue weighted by Crippen LogP contribution is 2.28. The second kappa shape index (κ2) is 10.5. The molecule has 9 heteroatoms. The van der Waals surface area contributed by atoms with Crippen LogP contribution in [0.1, 0.15) is 12.8 Å². The minimum atomic E-state index is -0.975. The van der Waals surface area contributed by atoms with Crippen molar-refractivity contribution in [3.8, 4) is 0 Å². The van der Waals surface area contributed by atoms with Gasteiger partial charge < -0.3 is 15.7 Å². The highest BCUT2D eigenvalue weighted by atomic mass is 35.5. The third-order valence-electron chi connectivity index (χ3n) is 4.78. The molecule has 1 aliphatic rings. The standard InChI is InChI=1S/C22H20ClFN2O4S/c23-18-11-14(7-10-19(18)24)25-20(27)12-31-15-8-5-13(6-9-15)26-21(28)16-3-1-2-4-17(16)22(29)30/h1-2,5-11,16-17H,3-4,12H2,(H,25,27)(H,26,28)(H,29,30). The number of amides is 2. The Morgan fingerprint density at radius 1 is 1.00 bits per heavy atom. The minimum Gasteiger partial charge on any atom is -0.481 e. The molecule has 0 aromatic heterocycles. The summed E-state index contributed by atoms with van der Waals surface area (Å²) in [5.41, 5.74) is 0.964. The van der Waals surface area contributed by atoms with Gasteiger partial charge in [-0.1, -0.05) is 23.8 Å². The van der Waals surface area contributed by atoms with Gasteiger partial charge in [0, 0.05) is 16.3 Å². The zero-order valence-electron chi connectivity index (χ0n) is 16.3. The first-order chi connectivity index (χ1) is 14.8. The number of thioether (sulfide) groups is 1. The average molecular weight is 463 g/mol. The van der Waals surface area contributed by atoms with E-state index in [0.717, 1.165) is 4.90 Å². The molecule has 0 spiro atoms. The monoisotopic (exact) mass is 462 g/mol. The molecule has 31 heavy (non-hydrogen) atoms. The summed E-state index contributed by atoms with van der Waals surface area (Å²) in [6, 6.07) is 10.9. The van der Waals surface area contributed by atoms with E-state index in [9.17, 15) is 23.9 Å². The SMILES string of the molecule is O=C(CSc1ccc(NC(=O)C2CC=CCC2C(=O)O)cc1)Nc1ccc(F)c(Cl)c1. The molecule has 162 valence electrons. The number of hydrogen-bond donors (Lipinski definition) is 3. The zero-order valence-corrected chi connectivity index (χ0v) is 17.9. The Morgan fingerprint density at radius 2 is 1.65 bits per heavy atom. The van der Waals surface area contributed by atoms with E-state index in [-0.39, 0.29) is 22.6 Å². The first-order valence-electron chi connectivity index (χ1n) is 9.50. The van der Waals surface area contributed by atoms with Crippen molar-refractivity contribution in [3.05, 3.63) is 65.5 Å². The molecular weight excluding hydrogens is 443 g/mol. The van der Waals surface area contributed by atoms with Crippen LogP contribution >= 0.6 is 23.4 Å². The van der Waals surface area contributed by atoms with Gasteiger partial charge in [0.15, 0.2) is 0 Å². The van der Waals surface area contributed by atoms with Gasteiger partial charge in [0.05, 0.1) is 22.6 Å². The van der Waals surface area contributed by atoms with Gasteiger partial charge in [-0.15, -0.1) is 11.8 Å². The molecule has 1 aliphatic carbocycles. The lowest BCUT2D eigenvalue weighted by Gasteiger charge is -2.24. The molecule has 0 heterocycles. The first kappa shape index (κ1) is 22.8. The van der Waals surface area contributed by atoms with Gasteiger partial charge in [-0.05, 0) is 55.3 Å². The fourth-order valence-corrected chi connectivity index (χ4v) is 4.05. The van der Waals surface area contributed by atoms with Crippen molar-refractivity contribution in [2.75, 3.05) is 16.4 Å². The maximum Gasteiger partial charge on any atom is 0.307 e. The topological polar surface area (TPSA) is 95.5 Å². The van der Waals surface area contributed by atoms with Crippen LogP contribution < -0.4 is 10.6 Å². The number of nitrogens with one attached hydrogen (secondary N) is 2. The molecule has 2 amide bonds. The fourth-order valence-electron chi connectivity index (χ4n) is 3.17. The number of carbonyl (C=O) groups excluding carboxylic acids is 2. The van der Waals surface area contributed by atoms with Crippen molar-refractivity contribution in [3.63, 3.8) is 0 Å². The van der Waals surface area contributed by atoms with Crippen molar-refractivity contribution >= 4 is 52.5 Å². The summed E-state index contributed by atoms with van der Waals surface area (Å²) >= 11 is 7.00. The number of aliphatic carboxylic acids is 1. The van der Waals surface area contributed by atoms with Gasteiger partial charge in [-0.2, -0.15) is 0 Å². The molecule has 2 unspecified atom stereocenters.